The zero-order valence-corrected chi connectivity index (χ0v) is 12.2. The third-order valence-corrected chi connectivity index (χ3v) is 3.20. The molecule has 4 nitrogen and oxygen atoms in total. The Kier molecular flexibility index (Phi) is 7.08. The molecule has 19 heavy (non-hydrogen) atoms. The topological polar surface area (TPSA) is 52.1 Å². The van der Waals surface area contributed by atoms with Crippen LogP contribution in [0.1, 0.15) is 75.0 Å². The summed E-state index contributed by atoms with van der Waals surface area (Å²) in [6, 6.07) is 0. The molecule has 0 saturated heterocycles. The van der Waals surface area contributed by atoms with Crippen LogP contribution in [0, 0.1) is 0 Å². The molecule has 0 bridgehead atoms. The van der Waals surface area contributed by atoms with Crippen molar-refractivity contribution in [1.82, 2.24) is 9.97 Å². The first-order valence-electron chi connectivity index (χ1n) is 7.21. The second kappa shape index (κ2) is 8.62. The number of carbonyl (C=O) groups excluding carboxylic acids is 1. The van der Waals surface area contributed by atoms with E-state index in [1.165, 1.54) is 19.3 Å². The number of aromatic nitrogens is 2. The molecule has 0 aliphatic carbocycles. The maximum absolute atomic E-state index is 11.5. The van der Waals surface area contributed by atoms with E-state index in [2.05, 4.69) is 23.8 Å². The fourth-order valence-electron chi connectivity index (χ4n) is 2.03. The van der Waals surface area contributed by atoms with Gasteiger partial charge in [0, 0.05) is 18.3 Å². The number of ether oxygens (including phenoxy) is 1. The molecule has 0 aromatic carbocycles. The molecule has 0 N–H and O–H groups in total. The number of esters is 1. The van der Waals surface area contributed by atoms with Crippen LogP contribution < -0.4 is 0 Å². The van der Waals surface area contributed by atoms with E-state index in [1.54, 1.807) is 19.3 Å². The number of rotatable bonds is 8. The zero-order chi connectivity index (χ0) is 14.1. The van der Waals surface area contributed by atoms with Crippen molar-refractivity contribution in [3.63, 3.8) is 0 Å². The van der Waals surface area contributed by atoms with Gasteiger partial charge in [-0.2, -0.15) is 0 Å². The number of nitrogens with zero attached hydrogens (tertiary/aromatic N) is 2. The van der Waals surface area contributed by atoms with Gasteiger partial charge >= 0.3 is 5.97 Å². The molecule has 1 unspecified atom stereocenters. The van der Waals surface area contributed by atoms with Gasteiger partial charge in [-0.05, 0) is 19.8 Å². The van der Waals surface area contributed by atoms with Gasteiger partial charge in [0.1, 0.15) is 5.82 Å². The highest BCUT2D eigenvalue weighted by Gasteiger charge is 2.14. The highest BCUT2D eigenvalue weighted by molar-refractivity contribution is 5.88. The van der Waals surface area contributed by atoms with Crippen molar-refractivity contribution in [3.05, 3.63) is 23.8 Å². The predicted molar refractivity (Wildman–Crippen MR) is 75.2 cm³/mol. The summed E-state index contributed by atoms with van der Waals surface area (Å²) in [5.74, 6) is 0.877. The smallest absolute Gasteiger partial charge is 0.341 e. The van der Waals surface area contributed by atoms with Crippen LogP contribution in [0.3, 0.4) is 0 Å². The Hall–Kier alpha value is -1.45. The second-order valence-electron chi connectivity index (χ2n) is 4.65. The molecule has 0 saturated carbocycles. The summed E-state index contributed by atoms with van der Waals surface area (Å²) < 4.78 is 4.92. The Morgan fingerprint density at radius 1 is 1.21 bits per heavy atom. The van der Waals surface area contributed by atoms with Gasteiger partial charge in [-0.15, -0.1) is 0 Å². The molecule has 106 valence electrons. The molecule has 0 aliphatic rings. The second-order valence-corrected chi connectivity index (χ2v) is 4.65. The molecule has 0 spiro atoms. The number of carbonyl (C=O) groups is 1. The molecule has 1 aromatic rings. The van der Waals surface area contributed by atoms with Crippen molar-refractivity contribution in [1.29, 1.82) is 0 Å². The van der Waals surface area contributed by atoms with Crippen molar-refractivity contribution in [2.45, 2.75) is 58.8 Å². The number of hydrogen-bond donors (Lipinski definition) is 0. The Balaban J connectivity index is 2.64. The zero-order valence-electron chi connectivity index (χ0n) is 12.2. The van der Waals surface area contributed by atoms with E-state index in [0.717, 1.165) is 18.7 Å². The average Bonchev–Trinajstić information content (AvgIpc) is 2.44. The lowest BCUT2D eigenvalue weighted by molar-refractivity contribution is 0.0525. The summed E-state index contributed by atoms with van der Waals surface area (Å²) >= 11 is 0. The van der Waals surface area contributed by atoms with Gasteiger partial charge in [0.05, 0.1) is 12.2 Å². The van der Waals surface area contributed by atoms with Crippen LogP contribution in [0.25, 0.3) is 0 Å². The maximum Gasteiger partial charge on any atom is 0.341 e. The van der Waals surface area contributed by atoms with Crippen LogP contribution in [0.5, 0.6) is 0 Å². The molecule has 1 heterocycles. The first-order valence-corrected chi connectivity index (χ1v) is 7.21. The molecular formula is C15H24N2O2. The quantitative estimate of drug-likeness (QED) is 0.530. The van der Waals surface area contributed by atoms with Gasteiger partial charge in [0.25, 0.3) is 0 Å². The first kappa shape index (κ1) is 15.6. The molecule has 1 aromatic heterocycles. The molecule has 0 radical (unpaired) electrons. The minimum atomic E-state index is -0.354. The molecule has 0 fully saturated rings. The fraction of sp³-hybridized carbons (Fsp3) is 0.667. The Labute approximate surface area is 115 Å². The van der Waals surface area contributed by atoms with Crippen molar-refractivity contribution in [2.75, 3.05) is 6.61 Å². The Morgan fingerprint density at radius 3 is 2.42 bits per heavy atom. The van der Waals surface area contributed by atoms with Gasteiger partial charge in [0.2, 0.25) is 0 Å². The predicted octanol–water partition coefficient (Wildman–Crippen LogP) is 3.73. The van der Waals surface area contributed by atoms with Crippen molar-refractivity contribution in [3.8, 4) is 0 Å². The van der Waals surface area contributed by atoms with Crippen LogP contribution in [0.2, 0.25) is 0 Å². The normalized spacial score (nSPS) is 12.2. The Bertz CT molecular complexity index is 376. The minimum Gasteiger partial charge on any atom is -0.462 e. The monoisotopic (exact) mass is 264 g/mol. The first-order chi connectivity index (χ1) is 9.22. The van der Waals surface area contributed by atoms with E-state index >= 15 is 0 Å². The van der Waals surface area contributed by atoms with E-state index in [1.807, 2.05) is 0 Å². The highest BCUT2D eigenvalue weighted by atomic mass is 16.5. The summed E-state index contributed by atoms with van der Waals surface area (Å²) in [5, 5.41) is 0. The summed E-state index contributed by atoms with van der Waals surface area (Å²) in [4.78, 5) is 20.1. The third-order valence-electron chi connectivity index (χ3n) is 3.20. The summed E-state index contributed by atoms with van der Waals surface area (Å²) in [6.07, 6.45) is 8.96. The lowest BCUT2D eigenvalue weighted by Crippen LogP contribution is -2.09. The van der Waals surface area contributed by atoms with Crippen LogP contribution in [-0.4, -0.2) is 22.5 Å². The molecule has 1 atom stereocenters. The molecule has 1 rings (SSSR count). The van der Waals surface area contributed by atoms with Crippen LogP contribution in [-0.2, 0) is 4.74 Å². The summed E-state index contributed by atoms with van der Waals surface area (Å²) in [6.45, 7) is 6.51. The van der Waals surface area contributed by atoms with Crippen molar-refractivity contribution in [2.24, 2.45) is 0 Å². The molecule has 0 aliphatic heterocycles. The van der Waals surface area contributed by atoms with Crippen molar-refractivity contribution >= 4 is 5.97 Å². The van der Waals surface area contributed by atoms with Gasteiger partial charge < -0.3 is 4.74 Å². The minimum absolute atomic E-state index is 0.354. The number of unbranched alkanes of at least 4 members (excludes halogenated alkanes) is 2. The average molecular weight is 264 g/mol. The molecule has 4 heteroatoms. The maximum atomic E-state index is 11.5. The van der Waals surface area contributed by atoms with Crippen LogP contribution in [0.15, 0.2) is 12.4 Å². The van der Waals surface area contributed by atoms with Gasteiger partial charge in [-0.1, -0.05) is 33.1 Å². The number of hydrogen-bond acceptors (Lipinski definition) is 4. The van der Waals surface area contributed by atoms with Crippen molar-refractivity contribution < 1.29 is 9.53 Å². The third kappa shape index (κ3) is 4.97. The standard InChI is InChI=1S/C15H24N2O2/c1-4-7-8-9-12(5-2)14-16-10-13(11-17-14)15(18)19-6-3/h10-12H,4-9H2,1-3H3. The molecule has 0 amide bonds. The molecular weight excluding hydrogens is 240 g/mol. The lowest BCUT2D eigenvalue weighted by atomic mass is 9.98. The van der Waals surface area contributed by atoms with E-state index in [4.69, 9.17) is 4.74 Å². The largest absolute Gasteiger partial charge is 0.462 e. The fourth-order valence-corrected chi connectivity index (χ4v) is 2.03. The highest BCUT2D eigenvalue weighted by Crippen LogP contribution is 2.22. The van der Waals surface area contributed by atoms with E-state index in [-0.39, 0.29) is 5.97 Å². The SMILES string of the molecule is CCCCCC(CC)c1ncc(C(=O)OCC)cn1. The van der Waals surface area contributed by atoms with Gasteiger partial charge in [-0.25, -0.2) is 14.8 Å². The van der Waals surface area contributed by atoms with Gasteiger partial charge in [0.15, 0.2) is 0 Å². The van der Waals surface area contributed by atoms with Crippen LogP contribution >= 0.6 is 0 Å². The lowest BCUT2D eigenvalue weighted by Gasteiger charge is -2.13. The van der Waals surface area contributed by atoms with Gasteiger partial charge in [-0.3, -0.25) is 0 Å². The summed E-state index contributed by atoms with van der Waals surface area (Å²) in [7, 11) is 0. The van der Waals surface area contributed by atoms with Crippen LogP contribution in [0.4, 0.5) is 0 Å². The van der Waals surface area contributed by atoms with E-state index < -0.39 is 0 Å². The van der Waals surface area contributed by atoms with E-state index in [9.17, 15) is 4.79 Å². The van der Waals surface area contributed by atoms with E-state index in [0.29, 0.717) is 18.1 Å². The Morgan fingerprint density at radius 2 is 1.89 bits per heavy atom. The summed E-state index contributed by atoms with van der Waals surface area (Å²) in [5.41, 5.74) is 0.425.